The van der Waals surface area contributed by atoms with Crippen molar-refractivity contribution in [3.05, 3.63) is 76.3 Å². The van der Waals surface area contributed by atoms with Crippen molar-refractivity contribution in [2.24, 2.45) is 0 Å². The number of nitrogens with zero attached hydrogens (tertiary/aromatic N) is 3. The van der Waals surface area contributed by atoms with Crippen molar-refractivity contribution < 1.29 is 17.9 Å². The van der Waals surface area contributed by atoms with Crippen molar-refractivity contribution in [3.8, 4) is 0 Å². The van der Waals surface area contributed by atoms with E-state index < -0.39 is 16.0 Å². The minimum absolute atomic E-state index is 0.159. The quantitative estimate of drug-likeness (QED) is 0.565. The van der Waals surface area contributed by atoms with Crippen molar-refractivity contribution in [1.82, 2.24) is 13.7 Å². The molecular weight excluding hydrogens is 418 g/mol. The van der Waals surface area contributed by atoms with Gasteiger partial charge in [0.2, 0.25) is 10.0 Å². The van der Waals surface area contributed by atoms with E-state index in [2.05, 4.69) is 4.98 Å². The van der Waals surface area contributed by atoms with E-state index in [1.807, 2.05) is 0 Å². The molecular formula is C22H23N3O5S. The Balaban J connectivity index is 1.44. The number of carbonyl (C=O) groups excluding carboxylic acids is 1. The van der Waals surface area contributed by atoms with Crippen LogP contribution in [-0.4, -0.2) is 41.2 Å². The Morgan fingerprint density at radius 1 is 1.00 bits per heavy atom. The Morgan fingerprint density at radius 3 is 2.42 bits per heavy atom. The van der Waals surface area contributed by atoms with E-state index in [9.17, 15) is 18.0 Å². The number of pyridine rings is 1. The molecule has 0 saturated carbocycles. The lowest BCUT2D eigenvalue weighted by atomic mass is 10.2. The number of hydrogen-bond acceptors (Lipinski definition) is 6. The van der Waals surface area contributed by atoms with Crippen molar-refractivity contribution in [2.75, 3.05) is 13.1 Å². The van der Waals surface area contributed by atoms with Crippen LogP contribution in [0.5, 0.6) is 0 Å². The van der Waals surface area contributed by atoms with Gasteiger partial charge >= 0.3 is 5.97 Å². The van der Waals surface area contributed by atoms with Crippen LogP contribution in [0.1, 0.15) is 41.7 Å². The average molecular weight is 442 g/mol. The first-order chi connectivity index (χ1) is 14.9. The van der Waals surface area contributed by atoms with Crippen LogP contribution in [0, 0.1) is 0 Å². The summed E-state index contributed by atoms with van der Waals surface area (Å²) in [6.45, 7) is 0.878. The number of esters is 1. The van der Waals surface area contributed by atoms with E-state index in [-0.39, 0.29) is 22.6 Å². The monoisotopic (exact) mass is 441 g/mol. The van der Waals surface area contributed by atoms with E-state index in [1.54, 1.807) is 24.4 Å². The molecule has 1 aliphatic rings. The number of aromatic nitrogens is 2. The molecule has 3 heterocycles. The average Bonchev–Trinajstić information content (AvgIpc) is 3.08. The van der Waals surface area contributed by atoms with Crippen LogP contribution < -0.4 is 5.56 Å². The molecule has 0 spiro atoms. The molecule has 31 heavy (non-hydrogen) atoms. The number of benzene rings is 1. The highest BCUT2D eigenvalue weighted by Crippen LogP contribution is 2.21. The summed E-state index contributed by atoms with van der Waals surface area (Å²) in [7, 11) is -3.57. The molecule has 0 amide bonds. The van der Waals surface area contributed by atoms with Crippen LogP contribution in [0.3, 0.4) is 0 Å². The molecule has 0 unspecified atom stereocenters. The highest BCUT2D eigenvalue weighted by atomic mass is 32.2. The maximum absolute atomic E-state index is 12.8. The Kier molecular flexibility index (Phi) is 6.15. The van der Waals surface area contributed by atoms with Gasteiger partial charge in [0.15, 0.2) is 0 Å². The van der Waals surface area contributed by atoms with Gasteiger partial charge in [-0.1, -0.05) is 18.9 Å². The lowest BCUT2D eigenvalue weighted by Crippen LogP contribution is -2.31. The highest BCUT2D eigenvalue weighted by molar-refractivity contribution is 7.89. The van der Waals surface area contributed by atoms with E-state index in [1.165, 1.54) is 39.0 Å². The molecule has 0 aliphatic carbocycles. The second-order valence-electron chi connectivity index (χ2n) is 7.43. The first-order valence-corrected chi connectivity index (χ1v) is 11.6. The minimum atomic E-state index is -3.57. The summed E-state index contributed by atoms with van der Waals surface area (Å²) in [6.07, 6.45) is 5.40. The van der Waals surface area contributed by atoms with Gasteiger partial charge < -0.3 is 4.74 Å². The Labute approximate surface area is 180 Å². The normalized spacial score (nSPS) is 15.5. The summed E-state index contributed by atoms with van der Waals surface area (Å²) >= 11 is 0. The van der Waals surface area contributed by atoms with E-state index in [0.29, 0.717) is 24.4 Å². The van der Waals surface area contributed by atoms with Crippen LogP contribution >= 0.6 is 0 Å². The fraction of sp³-hybridized carbons (Fsp3) is 0.318. The van der Waals surface area contributed by atoms with Gasteiger partial charge in [-0.15, -0.1) is 0 Å². The first kappa shape index (κ1) is 21.2. The van der Waals surface area contributed by atoms with Gasteiger partial charge in [0.05, 0.1) is 16.2 Å². The molecule has 3 aromatic rings. The van der Waals surface area contributed by atoms with Crippen LogP contribution in [0.25, 0.3) is 5.65 Å². The Morgan fingerprint density at radius 2 is 1.71 bits per heavy atom. The number of hydrogen-bond donors (Lipinski definition) is 0. The van der Waals surface area contributed by atoms with E-state index >= 15 is 0 Å². The van der Waals surface area contributed by atoms with Crippen molar-refractivity contribution in [2.45, 2.75) is 37.2 Å². The second kappa shape index (κ2) is 8.99. The van der Waals surface area contributed by atoms with Gasteiger partial charge in [-0.3, -0.25) is 9.20 Å². The molecule has 2 aromatic heterocycles. The number of ether oxygens (including phenoxy) is 1. The molecule has 162 valence electrons. The Bertz CT molecular complexity index is 1240. The fourth-order valence-corrected chi connectivity index (χ4v) is 5.11. The number of fused-ring (bicyclic) bond motifs is 1. The predicted molar refractivity (Wildman–Crippen MR) is 114 cm³/mol. The molecule has 4 rings (SSSR count). The van der Waals surface area contributed by atoms with Crippen LogP contribution in [0.4, 0.5) is 0 Å². The summed E-state index contributed by atoms with van der Waals surface area (Å²) in [5, 5.41) is 0. The van der Waals surface area contributed by atoms with Crippen molar-refractivity contribution >= 4 is 21.6 Å². The van der Waals surface area contributed by atoms with Gasteiger partial charge in [-0.05, 0) is 49.2 Å². The number of rotatable bonds is 5. The van der Waals surface area contributed by atoms with Crippen LogP contribution in [0.15, 0.2) is 64.4 Å². The largest absolute Gasteiger partial charge is 0.456 e. The zero-order valence-corrected chi connectivity index (χ0v) is 17.8. The number of sulfonamides is 1. The molecule has 1 aromatic carbocycles. The molecule has 1 fully saturated rings. The Hall–Kier alpha value is -3.04. The van der Waals surface area contributed by atoms with Gasteiger partial charge in [-0.25, -0.2) is 18.2 Å². The topological polar surface area (TPSA) is 98.0 Å². The summed E-state index contributed by atoms with van der Waals surface area (Å²) in [6, 6.07) is 12.2. The predicted octanol–water partition coefficient (Wildman–Crippen LogP) is 2.62. The summed E-state index contributed by atoms with van der Waals surface area (Å²) in [5.41, 5.74) is 0.765. The molecule has 1 saturated heterocycles. The molecule has 1 aliphatic heterocycles. The van der Waals surface area contributed by atoms with Gasteiger partial charge in [0.1, 0.15) is 12.3 Å². The van der Waals surface area contributed by atoms with E-state index in [0.717, 1.165) is 25.7 Å². The van der Waals surface area contributed by atoms with Crippen molar-refractivity contribution in [1.29, 1.82) is 0 Å². The van der Waals surface area contributed by atoms with Crippen LogP contribution in [0.2, 0.25) is 0 Å². The lowest BCUT2D eigenvalue weighted by molar-refractivity contribution is 0.0467. The van der Waals surface area contributed by atoms with Gasteiger partial charge in [-0.2, -0.15) is 4.31 Å². The van der Waals surface area contributed by atoms with Crippen LogP contribution in [-0.2, 0) is 21.4 Å². The minimum Gasteiger partial charge on any atom is -0.456 e. The summed E-state index contributed by atoms with van der Waals surface area (Å²) in [4.78, 5) is 29.0. The first-order valence-electron chi connectivity index (χ1n) is 10.2. The highest BCUT2D eigenvalue weighted by Gasteiger charge is 2.25. The summed E-state index contributed by atoms with van der Waals surface area (Å²) in [5.74, 6) is -0.617. The van der Waals surface area contributed by atoms with Crippen molar-refractivity contribution in [3.63, 3.8) is 0 Å². The summed E-state index contributed by atoms with van der Waals surface area (Å²) < 4.78 is 33.9. The third-order valence-electron chi connectivity index (χ3n) is 5.27. The second-order valence-corrected chi connectivity index (χ2v) is 9.37. The standard InChI is InChI=1S/C22H23N3O5S/c26-21-15-18(23-20-7-3-6-14-25(20)21)16-30-22(27)17-8-10-19(11-9-17)31(28,29)24-12-4-1-2-5-13-24/h3,6-11,14-15H,1-2,4-5,12-13,16H2. The van der Waals surface area contributed by atoms with Gasteiger partial charge in [0, 0.05) is 25.4 Å². The lowest BCUT2D eigenvalue weighted by Gasteiger charge is -2.20. The molecule has 0 atom stereocenters. The molecule has 0 N–H and O–H groups in total. The smallest absolute Gasteiger partial charge is 0.338 e. The van der Waals surface area contributed by atoms with Gasteiger partial charge in [0.25, 0.3) is 5.56 Å². The van der Waals surface area contributed by atoms with E-state index in [4.69, 9.17) is 4.74 Å². The molecule has 8 nitrogen and oxygen atoms in total. The third-order valence-corrected chi connectivity index (χ3v) is 7.18. The number of carbonyl (C=O) groups is 1. The molecule has 9 heteroatoms. The molecule has 0 bridgehead atoms. The zero-order valence-electron chi connectivity index (χ0n) is 16.9. The maximum Gasteiger partial charge on any atom is 0.338 e. The maximum atomic E-state index is 12.8. The molecule has 0 radical (unpaired) electrons. The fourth-order valence-electron chi connectivity index (χ4n) is 3.59. The third kappa shape index (κ3) is 4.67. The zero-order chi connectivity index (χ0) is 21.8. The SMILES string of the molecule is O=C(OCc1cc(=O)n2ccccc2n1)c1ccc(S(=O)(=O)N2CCCCCC2)cc1.